The van der Waals surface area contributed by atoms with E-state index in [2.05, 4.69) is 10.6 Å². The van der Waals surface area contributed by atoms with Crippen LogP contribution in [0.1, 0.15) is 57.1 Å². The molecular formula is C39H55N7O5. The van der Waals surface area contributed by atoms with E-state index in [1.165, 1.54) is 0 Å². The Kier molecular flexibility index (Phi) is 14.9. The van der Waals surface area contributed by atoms with E-state index in [1.54, 1.807) is 4.90 Å². The van der Waals surface area contributed by atoms with Crippen molar-refractivity contribution < 1.29 is 24.0 Å². The average Bonchev–Trinajstić information content (AvgIpc) is 3.66. The molecule has 4 rings (SSSR count). The van der Waals surface area contributed by atoms with E-state index in [0.29, 0.717) is 64.8 Å². The SMILES string of the molecule is CC(C)CC(CC(=O)C(Cc1ccccc1)NC(=O)C(N)Cc1ccccc1)C(=O)NC(CCCCN)C(=O)N1CC2=C(CN(CC(N)=O)C2)C1. The fourth-order valence-corrected chi connectivity index (χ4v) is 6.98. The van der Waals surface area contributed by atoms with Gasteiger partial charge in [-0.1, -0.05) is 74.5 Å². The second-order valence-electron chi connectivity index (χ2n) is 14.4. The summed E-state index contributed by atoms with van der Waals surface area (Å²) in [7, 11) is 0. The topological polar surface area (TPSA) is 194 Å². The van der Waals surface area contributed by atoms with E-state index >= 15 is 0 Å². The van der Waals surface area contributed by atoms with Gasteiger partial charge in [-0.3, -0.25) is 28.9 Å². The minimum Gasteiger partial charge on any atom is -0.369 e. The van der Waals surface area contributed by atoms with Crippen molar-refractivity contribution in [1.29, 1.82) is 0 Å². The van der Waals surface area contributed by atoms with Gasteiger partial charge < -0.3 is 32.7 Å². The molecule has 0 saturated heterocycles. The molecule has 2 aromatic carbocycles. The number of primary amides is 1. The van der Waals surface area contributed by atoms with Gasteiger partial charge in [0.2, 0.25) is 23.6 Å². The predicted octanol–water partition coefficient (Wildman–Crippen LogP) is 1.46. The highest BCUT2D eigenvalue weighted by Crippen LogP contribution is 2.27. The summed E-state index contributed by atoms with van der Waals surface area (Å²) < 4.78 is 0. The third-order valence-corrected chi connectivity index (χ3v) is 9.54. The van der Waals surface area contributed by atoms with Crippen LogP contribution in [0.3, 0.4) is 0 Å². The first-order valence-corrected chi connectivity index (χ1v) is 18.1. The van der Waals surface area contributed by atoms with Gasteiger partial charge in [0, 0.05) is 38.5 Å². The lowest BCUT2D eigenvalue weighted by atomic mass is 9.88. The molecule has 0 bridgehead atoms. The van der Waals surface area contributed by atoms with Gasteiger partial charge in [0.15, 0.2) is 5.78 Å². The second kappa shape index (κ2) is 19.3. The summed E-state index contributed by atoms with van der Waals surface area (Å²) in [6.07, 6.45) is 2.68. The van der Waals surface area contributed by atoms with E-state index in [0.717, 1.165) is 22.3 Å². The molecule has 2 aliphatic heterocycles. The van der Waals surface area contributed by atoms with Crippen molar-refractivity contribution in [2.45, 2.75) is 76.9 Å². The summed E-state index contributed by atoms with van der Waals surface area (Å²) in [5, 5.41) is 5.91. The number of hydrogen-bond acceptors (Lipinski definition) is 8. The number of amides is 4. The molecule has 4 amide bonds. The number of ketones is 1. The lowest BCUT2D eigenvalue weighted by Crippen LogP contribution is -2.52. The number of nitrogens with two attached hydrogens (primary N) is 3. The second-order valence-corrected chi connectivity index (χ2v) is 14.4. The number of carbonyl (C=O) groups excluding carboxylic acids is 5. The van der Waals surface area contributed by atoms with Gasteiger partial charge >= 0.3 is 0 Å². The van der Waals surface area contributed by atoms with Crippen LogP contribution < -0.4 is 27.8 Å². The van der Waals surface area contributed by atoms with Crippen molar-refractivity contribution in [1.82, 2.24) is 20.4 Å². The number of Topliss-reactive ketones (excluding diaryl/α,β-unsaturated/α-hetero) is 1. The monoisotopic (exact) mass is 701 g/mol. The first-order valence-electron chi connectivity index (χ1n) is 18.1. The van der Waals surface area contributed by atoms with E-state index in [9.17, 15) is 24.0 Å². The predicted molar refractivity (Wildman–Crippen MR) is 197 cm³/mol. The summed E-state index contributed by atoms with van der Waals surface area (Å²) in [6.45, 7) is 6.66. The lowest BCUT2D eigenvalue weighted by molar-refractivity contribution is -0.138. The molecule has 0 radical (unpaired) electrons. The summed E-state index contributed by atoms with van der Waals surface area (Å²) in [5.41, 5.74) is 21.4. The van der Waals surface area contributed by atoms with Gasteiger partial charge in [-0.2, -0.15) is 0 Å². The smallest absolute Gasteiger partial charge is 0.245 e. The van der Waals surface area contributed by atoms with Crippen LogP contribution in [0.25, 0.3) is 0 Å². The Morgan fingerprint density at radius 3 is 1.88 bits per heavy atom. The van der Waals surface area contributed by atoms with Gasteiger partial charge in [-0.05, 0) is 73.3 Å². The largest absolute Gasteiger partial charge is 0.369 e. The van der Waals surface area contributed by atoms with E-state index in [4.69, 9.17) is 17.2 Å². The molecule has 2 aromatic rings. The number of carbonyl (C=O) groups is 5. The summed E-state index contributed by atoms with van der Waals surface area (Å²) in [4.78, 5) is 70.4. The Hall–Kier alpha value is -4.39. The quantitative estimate of drug-likeness (QED) is 0.101. The third kappa shape index (κ3) is 12.1. The molecule has 0 spiro atoms. The molecule has 0 aromatic heterocycles. The van der Waals surface area contributed by atoms with Gasteiger partial charge in [-0.15, -0.1) is 0 Å². The van der Waals surface area contributed by atoms with E-state index in [1.807, 2.05) is 79.4 Å². The van der Waals surface area contributed by atoms with Gasteiger partial charge in [0.05, 0.1) is 18.6 Å². The van der Waals surface area contributed by atoms with Crippen molar-refractivity contribution in [3.8, 4) is 0 Å². The number of rotatable bonds is 20. The Morgan fingerprint density at radius 2 is 1.33 bits per heavy atom. The van der Waals surface area contributed by atoms with Crippen molar-refractivity contribution >= 4 is 29.4 Å². The zero-order valence-electron chi connectivity index (χ0n) is 30.0. The van der Waals surface area contributed by atoms with Crippen molar-refractivity contribution in [3.05, 3.63) is 82.9 Å². The summed E-state index contributed by atoms with van der Waals surface area (Å²) in [6, 6.07) is 16.3. The van der Waals surface area contributed by atoms with Gasteiger partial charge in [0.25, 0.3) is 0 Å². The minimum atomic E-state index is -0.890. The molecule has 4 atom stereocenters. The molecule has 8 N–H and O–H groups in total. The maximum absolute atomic E-state index is 14.0. The number of unbranched alkanes of at least 4 members (excludes halogenated alkanes) is 1. The van der Waals surface area contributed by atoms with Gasteiger partial charge in [0.1, 0.15) is 6.04 Å². The number of nitrogens with one attached hydrogen (secondary N) is 2. The normalized spacial score (nSPS) is 16.8. The fraction of sp³-hybridized carbons (Fsp3) is 0.513. The van der Waals surface area contributed by atoms with Gasteiger partial charge in [-0.25, -0.2) is 0 Å². The van der Waals surface area contributed by atoms with Crippen LogP contribution in [0.15, 0.2) is 71.8 Å². The Balaban J connectivity index is 1.45. The summed E-state index contributed by atoms with van der Waals surface area (Å²) in [5.74, 6) is -2.25. The minimum absolute atomic E-state index is 0.0931. The molecule has 276 valence electrons. The molecule has 0 saturated carbocycles. The maximum Gasteiger partial charge on any atom is 0.245 e. The third-order valence-electron chi connectivity index (χ3n) is 9.54. The molecule has 12 nitrogen and oxygen atoms in total. The Morgan fingerprint density at radius 1 is 0.765 bits per heavy atom. The van der Waals surface area contributed by atoms with Crippen LogP contribution in [0.2, 0.25) is 0 Å². The van der Waals surface area contributed by atoms with Crippen molar-refractivity contribution in [2.24, 2.45) is 29.0 Å². The first kappa shape index (κ1) is 39.4. The Labute approximate surface area is 301 Å². The Bertz CT molecular complexity index is 1510. The summed E-state index contributed by atoms with van der Waals surface area (Å²) >= 11 is 0. The van der Waals surface area contributed by atoms with Crippen molar-refractivity contribution in [3.63, 3.8) is 0 Å². The molecule has 2 heterocycles. The fourth-order valence-electron chi connectivity index (χ4n) is 6.98. The average molecular weight is 702 g/mol. The number of benzene rings is 2. The molecule has 0 aliphatic carbocycles. The highest BCUT2D eigenvalue weighted by molar-refractivity contribution is 5.95. The van der Waals surface area contributed by atoms with Crippen LogP contribution in [-0.4, -0.2) is 96.6 Å². The zero-order valence-corrected chi connectivity index (χ0v) is 30.0. The zero-order chi connectivity index (χ0) is 36.9. The standard InChI is InChI=1S/C39H55N7O5/c1-26(2)17-29(20-35(47)34(19-28-13-7-4-8-14-28)44-38(50)32(41)18-27-11-5-3-6-12-27)37(49)43-33(15-9-10-16-40)39(51)46-23-30-21-45(25-36(42)48)22-31(30)24-46/h3-8,11-14,26,29,32-34H,9-10,15-25,40-41H2,1-2H3,(H2,42,48)(H,43,49)(H,44,50). The van der Waals surface area contributed by atoms with E-state index in [-0.39, 0.29) is 48.8 Å². The number of nitrogens with zero attached hydrogens (tertiary/aromatic N) is 2. The molecule has 2 aliphatic rings. The van der Waals surface area contributed by atoms with Crippen LogP contribution in [-0.2, 0) is 36.8 Å². The van der Waals surface area contributed by atoms with E-state index < -0.39 is 30.0 Å². The van der Waals surface area contributed by atoms with Crippen LogP contribution in [0.5, 0.6) is 0 Å². The molecule has 4 unspecified atom stereocenters. The van der Waals surface area contributed by atoms with Crippen LogP contribution in [0.4, 0.5) is 0 Å². The van der Waals surface area contributed by atoms with Crippen LogP contribution in [0, 0.1) is 11.8 Å². The van der Waals surface area contributed by atoms with Crippen LogP contribution >= 0.6 is 0 Å². The lowest BCUT2D eigenvalue weighted by Gasteiger charge is -2.29. The maximum atomic E-state index is 14.0. The highest BCUT2D eigenvalue weighted by atomic mass is 16.2. The molecule has 0 fully saturated rings. The first-order chi connectivity index (χ1) is 24.4. The molecular weight excluding hydrogens is 646 g/mol. The number of hydrogen-bond donors (Lipinski definition) is 5. The molecule has 51 heavy (non-hydrogen) atoms. The molecule has 12 heteroatoms. The highest BCUT2D eigenvalue weighted by Gasteiger charge is 2.37. The van der Waals surface area contributed by atoms with Crippen molar-refractivity contribution in [2.75, 3.05) is 39.3 Å².